The van der Waals surface area contributed by atoms with Crippen LogP contribution in [0.3, 0.4) is 0 Å². The number of hydrogen-bond acceptors (Lipinski definition) is 3. The monoisotopic (exact) mass is 279 g/mol. The Hall–Kier alpha value is -2.21. The van der Waals surface area contributed by atoms with Crippen molar-refractivity contribution in [3.05, 3.63) is 52.0 Å². The van der Waals surface area contributed by atoms with E-state index in [4.69, 9.17) is 5.11 Å². The van der Waals surface area contributed by atoms with Gasteiger partial charge in [-0.05, 0) is 36.4 Å². The van der Waals surface area contributed by atoms with Gasteiger partial charge in [0.05, 0.1) is 4.88 Å². The van der Waals surface area contributed by atoms with Crippen LogP contribution in [-0.2, 0) is 0 Å². The zero-order valence-corrected chi connectivity index (χ0v) is 10.8. The number of carbonyl (C=O) groups excluding carboxylic acids is 1. The highest BCUT2D eigenvalue weighted by molar-refractivity contribution is 7.16. The standard InChI is InChI=1S/C13H10FNO3S/c1-15(9-4-2-8(14)3-5-9)12(16)10-6-7-11(19-10)13(17)18/h2-7H,1H3,(H,17,18). The summed E-state index contributed by atoms with van der Waals surface area (Å²) in [6.45, 7) is 0. The van der Waals surface area contributed by atoms with E-state index in [1.807, 2.05) is 0 Å². The predicted octanol–water partition coefficient (Wildman–Crippen LogP) is 2.86. The second-order valence-corrected chi connectivity index (χ2v) is 4.89. The van der Waals surface area contributed by atoms with Gasteiger partial charge >= 0.3 is 5.97 Å². The zero-order valence-electron chi connectivity index (χ0n) is 9.96. The molecule has 0 bridgehead atoms. The third-order valence-corrected chi connectivity index (χ3v) is 3.61. The lowest BCUT2D eigenvalue weighted by molar-refractivity contribution is 0.0702. The number of hydrogen-bond donors (Lipinski definition) is 1. The van der Waals surface area contributed by atoms with E-state index in [0.717, 1.165) is 11.3 Å². The minimum atomic E-state index is -1.06. The van der Waals surface area contributed by atoms with Crippen molar-refractivity contribution < 1.29 is 19.1 Å². The highest BCUT2D eigenvalue weighted by Crippen LogP contribution is 2.21. The Morgan fingerprint density at radius 3 is 2.21 bits per heavy atom. The number of anilines is 1. The SMILES string of the molecule is CN(C(=O)c1ccc(C(=O)O)s1)c1ccc(F)cc1. The van der Waals surface area contributed by atoms with Crippen molar-refractivity contribution in [2.45, 2.75) is 0 Å². The molecule has 4 nitrogen and oxygen atoms in total. The van der Waals surface area contributed by atoms with Crippen LogP contribution in [0.2, 0.25) is 0 Å². The highest BCUT2D eigenvalue weighted by Gasteiger charge is 2.17. The summed E-state index contributed by atoms with van der Waals surface area (Å²) in [4.78, 5) is 24.6. The van der Waals surface area contributed by atoms with Crippen molar-refractivity contribution in [2.24, 2.45) is 0 Å². The molecule has 1 aromatic heterocycles. The molecule has 98 valence electrons. The largest absolute Gasteiger partial charge is 0.477 e. The van der Waals surface area contributed by atoms with Crippen LogP contribution in [0.25, 0.3) is 0 Å². The topological polar surface area (TPSA) is 57.6 Å². The first kappa shape index (κ1) is 13.2. The van der Waals surface area contributed by atoms with Crippen molar-refractivity contribution in [3.63, 3.8) is 0 Å². The summed E-state index contributed by atoms with van der Waals surface area (Å²) in [5, 5.41) is 8.81. The summed E-state index contributed by atoms with van der Waals surface area (Å²) in [6.07, 6.45) is 0. The molecule has 1 aromatic carbocycles. The number of carboxylic acids is 1. The Bertz CT molecular complexity index is 621. The Balaban J connectivity index is 2.22. The number of aromatic carboxylic acids is 1. The Labute approximate surface area is 112 Å². The average molecular weight is 279 g/mol. The van der Waals surface area contributed by atoms with E-state index in [2.05, 4.69) is 0 Å². The number of rotatable bonds is 3. The molecule has 0 spiro atoms. The van der Waals surface area contributed by atoms with Crippen molar-refractivity contribution in [2.75, 3.05) is 11.9 Å². The van der Waals surface area contributed by atoms with Crippen molar-refractivity contribution in [1.29, 1.82) is 0 Å². The van der Waals surface area contributed by atoms with Gasteiger partial charge in [0.1, 0.15) is 10.7 Å². The van der Waals surface area contributed by atoms with Crippen LogP contribution in [0, 0.1) is 5.82 Å². The molecule has 2 rings (SSSR count). The number of halogens is 1. The first-order chi connectivity index (χ1) is 8.99. The van der Waals surface area contributed by atoms with Gasteiger partial charge in [0.2, 0.25) is 0 Å². The molecule has 0 fully saturated rings. The molecule has 0 unspecified atom stereocenters. The number of nitrogens with zero attached hydrogens (tertiary/aromatic N) is 1. The van der Waals surface area contributed by atoms with Crippen LogP contribution in [-0.4, -0.2) is 24.0 Å². The van der Waals surface area contributed by atoms with Gasteiger partial charge in [0, 0.05) is 12.7 Å². The van der Waals surface area contributed by atoms with Crippen molar-refractivity contribution >= 4 is 28.9 Å². The molecule has 1 N–H and O–H groups in total. The zero-order chi connectivity index (χ0) is 14.0. The maximum atomic E-state index is 12.8. The van der Waals surface area contributed by atoms with Gasteiger partial charge < -0.3 is 10.0 Å². The van der Waals surface area contributed by atoms with Gasteiger partial charge in [-0.25, -0.2) is 9.18 Å². The first-order valence-corrected chi connectivity index (χ1v) is 6.17. The number of thiophene rings is 1. The second kappa shape index (κ2) is 5.19. The number of carbonyl (C=O) groups is 2. The van der Waals surface area contributed by atoms with E-state index in [1.54, 1.807) is 7.05 Å². The van der Waals surface area contributed by atoms with Gasteiger partial charge in [0.25, 0.3) is 5.91 Å². The van der Waals surface area contributed by atoms with Crippen LogP contribution in [0.5, 0.6) is 0 Å². The van der Waals surface area contributed by atoms with Gasteiger partial charge in [-0.1, -0.05) is 0 Å². The van der Waals surface area contributed by atoms with Crippen molar-refractivity contribution in [3.8, 4) is 0 Å². The molecule has 1 amide bonds. The first-order valence-electron chi connectivity index (χ1n) is 5.36. The molecule has 0 radical (unpaired) electrons. The van der Waals surface area contributed by atoms with Gasteiger partial charge in [0.15, 0.2) is 0 Å². The smallest absolute Gasteiger partial charge is 0.345 e. The molecule has 1 heterocycles. The maximum absolute atomic E-state index is 12.8. The molecule has 0 atom stereocenters. The third-order valence-electron chi connectivity index (χ3n) is 2.55. The molecule has 19 heavy (non-hydrogen) atoms. The second-order valence-electron chi connectivity index (χ2n) is 3.81. The lowest BCUT2D eigenvalue weighted by atomic mass is 10.3. The number of benzene rings is 1. The molecule has 2 aromatic rings. The summed E-state index contributed by atoms with van der Waals surface area (Å²) in [7, 11) is 1.55. The van der Waals surface area contributed by atoms with Crippen LogP contribution in [0.15, 0.2) is 36.4 Å². The van der Waals surface area contributed by atoms with E-state index >= 15 is 0 Å². The van der Waals surface area contributed by atoms with E-state index < -0.39 is 5.97 Å². The Kier molecular flexibility index (Phi) is 3.62. The van der Waals surface area contributed by atoms with Crippen LogP contribution in [0.4, 0.5) is 10.1 Å². The maximum Gasteiger partial charge on any atom is 0.345 e. The fourth-order valence-electron chi connectivity index (χ4n) is 1.52. The number of carboxylic acid groups (broad SMARTS) is 1. The molecule has 0 saturated carbocycles. The normalized spacial score (nSPS) is 10.2. The highest BCUT2D eigenvalue weighted by atomic mass is 32.1. The molecular formula is C13H10FNO3S. The predicted molar refractivity (Wildman–Crippen MR) is 70.4 cm³/mol. The third kappa shape index (κ3) is 2.79. The van der Waals surface area contributed by atoms with Gasteiger partial charge in [-0.2, -0.15) is 0 Å². The van der Waals surface area contributed by atoms with E-state index in [-0.39, 0.29) is 16.6 Å². The van der Waals surface area contributed by atoms with E-state index in [9.17, 15) is 14.0 Å². The van der Waals surface area contributed by atoms with Crippen LogP contribution >= 0.6 is 11.3 Å². The molecule has 0 saturated heterocycles. The molecule has 0 aliphatic rings. The fraction of sp³-hybridized carbons (Fsp3) is 0.0769. The molecule has 0 aliphatic heterocycles. The minimum Gasteiger partial charge on any atom is -0.477 e. The van der Waals surface area contributed by atoms with Crippen LogP contribution in [0.1, 0.15) is 19.3 Å². The van der Waals surface area contributed by atoms with Crippen molar-refractivity contribution in [1.82, 2.24) is 0 Å². The number of amides is 1. The van der Waals surface area contributed by atoms with E-state index in [0.29, 0.717) is 10.6 Å². The minimum absolute atomic E-state index is 0.107. The Morgan fingerprint density at radius 2 is 1.68 bits per heavy atom. The van der Waals surface area contributed by atoms with E-state index in [1.165, 1.54) is 41.3 Å². The summed E-state index contributed by atoms with van der Waals surface area (Å²) in [5.74, 6) is -1.77. The summed E-state index contributed by atoms with van der Waals surface area (Å²) in [6, 6.07) is 8.35. The Morgan fingerprint density at radius 1 is 1.11 bits per heavy atom. The average Bonchev–Trinajstić information content (AvgIpc) is 2.87. The molecular weight excluding hydrogens is 269 g/mol. The summed E-state index contributed by atoms with van der Waals surface area (Å²) < 4.78 is 12.8. The van der Waals surface area contributed by atoms with Crippen LogP contribution < -0.4 is 4.90 Å². The van der Waals surface area contributed by atoms with Gasteiger partial charge in [-0.3, -0.25) is 4.79 Å². The molecule has 0 aliphatic carbocycles. The lowest BCUT2D eigenvalue weighted by Crippen LogP contribution is -2.25. The quantitative estimate of drug-likeness (QED) is 0.939. The fourth-order valence-corrected chi connectivity index (χ4v) is 2.34. The summed E-state index contributed by atoms with van der Waals surface area (Å²) >= 11 is 0.910. The van der Waals surface area contributed by atoms with Gasteiger partial charge in [-0.15, -0.1) is 11.3 Å². The lowest BCUT2D eigenvalue weighted by Gasteiger charge is -2.16. The molecule has 6 heteroatoms. The summed E-state index contributed by atoms with van der Waals surface area (Å²) in [5.41, 5.74) is 0.539.